The Morgan fingerprint density at radius 1 is 1.35 bits per heavy atom. The molecule has 1 aromatic heterocycles. The monoisotopic (exact) mass is 229 g/mol. The van der Waals surface area contributed by atoms with E-state index in [1.807, 2.05) is 38.2 Å². The molecule has 2 aromatic rings. The molecule has 1 aromatic carbocycles. The van der Waals surface area contributed by atoms with E-state index in [4.69, 9.17) is 0 Å². The van der Waals surface area contributed by atoms with Crippen molar-refractivity contribution in [3.8, 4) is 0 Å². The van der Waals surface area contributed by atoms with E-state index in [0.717, 1.165) is 5.56 Å². The normalized spacial score (nSPS) is 10.2. The molecule has 4 heteroatoms. The van der Waals surface area contributed by atoms with Gasteiger partial charge in [-0.1, -0.05) is 29.8 Å². The molecule has 0 aliphatic heterocycles. The summed E-state index contributed by atoms with van der Waals surface area (Å²) in [5.74, 6) is -0.147. The smallest absolute Gasteiger partial charge is 0.271 e. The van der Waals surface area contributed by atoms with Gasteiger partial charge in [0.15, 0.2) is 0 Å². The molecule has 0 radical (unpaired) electrons. The SMILES string of the molecule is Cc1ccc(CNC(=O)c2cn(C)cn2)cc1. The Morgan fingerprint density at radius 3 is 2.65 bits per heavy atom. The van der Waals surface area contributed by atoms with Gasteiger partial charge >= 0.3 is 0 Å². The van der Waals surface area contributed by atoms with Crippen molar-refractivity contribution in [1.29, 1.82) is 0 Å². The number of aryl methyl sites for hydroxylation is 2. The minimum Gasteiger partial charge on any atom is -0.347 e. The van der Waals surface area contributed by atoms with Gasteiger partial charge in [-0.3, -0.25) is 4.79 Å². The quantitative estimate of drug-likeness (QED) is 0.870. The van der Waals surface area contributed by atoms with Crippen molar-refractivity contribution in [3.05, 3.63) is 53.6 Å². The Labute approximate surface area is 100 Å². The first-order chi connectivity index (χ1) is 8.15. The fraction of sp³-hybridized carbons (Fsp3) is 0.231. The number of hydrogen-bond donors (Lipinski definition) is 1. The van der Waals surface area contributed by atoms with Gasteiger partial charge in [0, 0.05) is 19.8 Å². The molecule has 0 bridgehead atoms. The molecule has 88 valence electrons. The van der Waals surface area contributed by atoms with E-state index in [1.165, 1.54) is 5.56 Å². The Bertz CT molecular complexity index is 514. The van der Waals surface area contributed by atoms with Gasteiger partial charge in [-0.15, -0.1) is 0 Å². The van der Waals surface area contributed by atoms with Crippen LogP contribution in [0.25, 0.3) is 0 Å². The van der Waals surface area contributed by atoms with Gasteiger partial charge < -0.3 is 9.88 Å². The first-order valence-electron chi connectivity index (χ1n) is 5.47. The largest absolute Gasteiger partial charge is 0.347 e. The lowest BCUT2D eigenvalue weighted by Crippen LogP contribution is -2.23. The van der Waals surface area contributed by atoms with E-state index < -0.39 is 0 Å². The van der Waals surface area contributed by atoms with Gasteiger partial charge in [-0.2, -0.15) is 0 Å². The molecule has 0 saturated carbocycles. The first-order valence-corrected chi connectivity index (χ1v) is 5.47. The Balaban J connectivity index is 1.94. The van der Waals surface area contributed by atoms with Crippen LogP contribution in [-0.4, -0.2) is 15.5 Å². The number of nitrogens with one attached hydrogen (secondary N) is 1. The van der Waals surface area contributed by atoms with Crippen molar-refractivity contribution >= 4 is 5.91 Å². The molecular weight excluding hydrogens is 214 g/mol. The summed E-state index contributed by atoms with van der Waals surface area (Å²) in [5.41, 5.74) is 2.74. The van der Waals surface area contributed by atoms with Crippen molar-refractivity contribution in [2.24, 2.45) is 7.05 Å². The van der Waals surface area contributed by atoms with Crippen LogP contribution in [-0.2, 0) is 13.6 Å². The third kappa shape index (κ3) is 2.93. The summed E-state index contributed by atoms with van der Waals surface area (Å²) >= 11 is 0. The van der Waals surface area contributed by atoms with Crippen molar-refractivity contribution in [2.45, 2.75) is 13.5 Å². The standard InChI is InChI=1S/C13H15N3O/c1-10-3-5-11(6-4-10)7-14-13(17)12-8-16(2)9-15-12/h3-6,8-9H,7H2,1-2H3,(H,14,17). The molecule has 0 aliphatic carbocycles. The van der Waals surface area contributed by atoms with Crippen LogP contribution in [0.2, 0.25) is 0 Å². The minimum absolute atomic E-state index is 0.147. The highest BCUT2D eigenvalue weighted by Crippen LogP contribution is 2.03. The van der Waals surface area contributed by atoms with E-state index in [0.29, 0.717) is 12.2 Å². The van der Waals surface area contributed by atoms with Crippen LogP contribution >= 0.6 is 0 Å². The molecular formula is C13H15N3O. The van der Waals surface area contributed by atoms with Crippen molar-refractivity contribution < 1.29 is 4.79 Å². The fourth-order valence-corrected chi connectivity index (χ4v) is 1.51. The third-order valence-corrected chi connectivity index (χ3v) is 2.51. The highest BCUT2D eigenvalue weighted by atomic mass is 16.1. The van der Waals surface area contributed by atoms with Gasteiger partial charge in [-0.05, 0) is 12.5 Å². The number of amides is 1. The van der Waals surface area contributed by atoms with E-state index in [1.54, 1.807) is 17.1 Å². The van der Waals surface area contributed by atoms with Crippen LogP contribution in [0.1, 0.15) is 21.6 Å². The van der Waals surface area contributed by atoms with Crippen LogP contribution in [0.15, 0.2) is 36.8 Å². The van der Waals surface area contributed by atoms with Crippen molar-refractivity contribution in [3.63, 3.8) is 0 Å². The number of rotatable bonds is 3. The summed E-state index contributed by atoms with van der Waals surface area (Å²) in [5, 5.41) is 2.83. The number of imidazole rings is 1. The summed E-state index contributed by atoms with van der Waals surface area (Å²) < 4.78 is 1.75. The van der Waals surface area contributed by atoms with Crippen LogP contribution in [0.4, 0.5) is 0 Å². The predicted octanol–water partition coefficient (Wildman–Crippen LogP) is 1.66. The lowest BCUT2D eigenvalue weighted by Gasteiger charge is -2.03. The molecule has 1 amide bonds. The molecule has 0 spiro atoms. The number of nitrogens with zero attached hydrogens (tertiary/aromatic N) is 2. The molecule has 2 rings (SSSR count). The molecule has 17 heavy (non-hydrogen) atoms. The second-order valence-electron chi connectivity index (χ2n) is 4.09. The number of aromatic nitrogens is 2. The summed E-state index contributed by atoms with van der Waals surface area (Å²) in [6, 6.07) is 8.08. The van der Waals surface area contributed by atoms with Gasteiger partial charge in [0.1, 0.15) is 5.69 Å². The topological polar surface area (TPSA) is 46.9 Å². The summed E-state index contributed by atoms with van der Waals surface area (Å²) in [7, 11) is 1.84. The molecule has 0 fully saturated rings. The number of carbonyl (C=O) groups excluding carboxylic acids is 1. The lowest BCUT2D eigenvalue weighted by molar-refractivity contribution is 0.0946. The zero-order chi connectivity index (χ0) is 12.3. The second kappa shape index (κ2) is 4.82. The lowest BCUT2D eigenvalue weighted by atomic mass is 10.1. The van der Waals surface area contributed by atoms with E-state index in [-0.39, 0.29) is 5.91 Å². The number of carbonyl (C=O) groups is 1. The van der Waals surface area contributed by atoms with Crippen LogP contribution in [0.3, 0.4) is 0 Å². The summed E-state index contributed by atoms with van der Waals surface area (Å²) in [6.07, 6.45) is 3.31. The van der Waals surface area contributed by atoms with Crippen LogP contribution in [0.5, 0.6) is 0 Å². The van der Waals surface area contributed by atoms with Gasteiger partial charge in [0.25, 0.3) is 5.91 Å². The molecule has 0 saturated heterocycles. The highest BCUT2D eigenvalue weighted by molar-refractivity contribution is 5.91. The minimum atomic E-state index is -0.147. The maximum absolute atomic E-state index is 11.7. The fourth-order valence-electron chi connectivity index (χ4n) is 1.51. The zero-order valence-corrected chi connectivity index (χ0v) is 9.97. The average molecular weight is 229 g/mol. The Morgan fingerprint density at radius 2 is 2.06 bits per heavy atom. The van der Waals surface area contributed by atoms with Gasteiger partial charge in [-0.25, -0.2) is 4.98 Å². The van der Waals surface area contributed by atoms with Crippen LogP contribution in [0, 0.1) is 6.92 Å². The molecule has 4 nitrogen and oxygen atoms in total. The Hall–Kier alpha value is -2.10. The molecule has 0 aliphatic rings. The van der Waals surface area contributed by atoms with Gasteiger partial charge in [0.05, 0.1) is 6.33 Å². The van der Waals surface area contributed by atoms with E-state index in [9.17, 15) is 4.79 Å². The van der Waals surface area contributed by atoms with E-state index >= 15 is 0 Å². The highest BCUT2D eigenvalue weighted by Gasteiger charge is 2.07. The predicted molar refractivity (Wildman–Crippen MR) is 65.6 cm³/mol. The summed E-state index contributed by atoms with van der Waals surface area (Å²) in [4.78, 5) is 15.7. The van der Waals surface area contributed by atoms with Crippen molar-refractivity contribution in [1.82, 2.24) is 14.9 Å². The maximum Gasteiger partial charge on any atom is 0.271 e. The average Bonchev–Trinajstić information content (AvgIpc) is 2.75. The molecule has 1 heterocycles. The zero-order valence-electron chi connectivity index (χ0n) is 9.97. The number of benzene rings is 1. The molecule has 1 N–H and O–H groups in total. The second-order valence-corrected chi connectivity index (χ2v) is 4.09. The number of hydrogen-bond acceptors (Lipinski definition) is 2. The summed E-state index contributed by atoms with van der Waals surface area (Å²) in [6.45, 7) is 2.56. The first kappa shape index (κ1) is 11.4. The van der Waals surface area contributed by atoms with Crippen molar-refractivity contribution in [2.75, 3.05) is 0 Å². The van der Waals surface area contributed by atoms with E-state index in [2.05, 4.69) is 10.3 Å². The van der Waals surface area contributed by atoms with Crippen LogP contribution < -0.4 is 5.32 Å². The van der Waals surface area contributed by atoms with Gasteiger partial charge in [0.2, 0.25) is 0 Å². The molecule has 0 unspecified atom stereocenters. The Kier molecular flexibility index (Phi) is 3.23. The third-order valence-electron chi connectivity index (χ3n) is 2.51. The maximum atomic E-state index is 11.7. The molecule has 0 atom stereocenters.